The summed E-state index contributed by atoms with van der Waals surface area (Å²) in [6.45, 7) is 0.386. The van der Waals surface area contributed by atoms with Crippen molar-refractivity contribution >= 4 is 28.4 Å². The lowest BCUT2D eigenvalue weighted by molar-refractivity contribution is -0.137. The predicted molar refractivity (Wildman–Crippen MR) is 118 cm³/mol. The summed E-state index contributed by atoms with van der Waals surface area (Å²) in [5.41, 5.74) is 2.97. The summed E-state index contributed by atoms with van der Waals surface area (Å²) < 4.78 is 39.7. The lowest BCUT2D eigenvalue weighted by atomic mass is 9.91. The lowest BCUT2D eigenvalue weighted by Gasteiger charge is -2.36. The Balaban J connectivity index is 1.63. The zero-order chi connectivity index (χ0) is 22.5. The number of amides is 1. The number of nitrogens with one attached hydrogen (secondary N) is 1. The summed E-state index contributed by atoms with van der Waals surface area (Å²) in [6.07, 6.45) is -3.91. The first-order valence-corrected chi connectivity index (χ1v) is 10.5. The average Bonchev–Trinajstić information content (AvgIpc) is 3.17. The molecule has 1 N–H and O–H groups in total. The second kappa shape index (κ2) is 7.71. The minimum absolute atomic E-state index is 0.0124. The normalized spacial score (nSPS) is 16.2. The highest BCUT2D eigenvalue weighted by atomic mass is 35.5. The molecule has 4 aromatic rings. The highest BCUT2D eigenvalue weighted by Crippen LogP contribution is 2.39. The fraction of sp³-hybridized carbons (Fsp3) is 0.160. The third kappa shape index (κ3) is 3.54. The van der Waals surface area contributed by atoms with Crippen LogP contribution in [0.3, 0.4) is 0 Å². The Morgan fingerprint density at radius 1 is 1.00 bits per heavy atom. The Kier molecular flexibility index (Phi) is 4.97. The van der Waals surface area contributed by atoms with Crippen LogP contribution in [-0.2, 0) is 12.6 Å². The molecule has 162 valence electrons. The minimum atomic E-state index is -4.52. The number of H-pyrrole nitrogens is 1. The van der Waals surface area contributed by atoms with Crippen LogP contribution in [0.5, 0.6) is 0 Å². The van der Waals surface area contributed by atoms with Gasteiger partial charge in [-0.3, -0.25) is 4.79 Å². The van der Waals surface area contributed by atoms with Crippen LogP contribution < -0.4 is 0 Å². The highest BCUT2D eigenvalue weighted by molar-refractivity contribution is 6.30. The number of aromatic nitrogens is 1. The van der Waals surface area contributed by atoms with Crippen LogP contribution >= 0.6 is 11.6 Å². The van der Waals surface area contributed by atoms with Gasteiger partial charge in [0.25, 0.3) is 5.91 Å². The second-order valence-corrected chi connectivity index (χ2v) is 8.28. The monoisotopic (exact) mass is 454 g/mol. The molecule has 0 spiro atoms. The van der Waals surface area contributed by atoms with Gasteiger partial charge >= 0.3 is 6.18 Å². The van der Waals surface area contributed by atoms with E-state index in [2.05, 4.69) is 4.98 Å². The number of carbonyl (C=O) groups excluding carboxylic acids is 1. The number of para-hydroxylation sites is 1. The number of nitrogens with zero attached hydrogens (tertiary/aromatic N) is 1. The van der Waals surface area contributed by atoms with E-state index in [0.29, 0.717) is 18.0 Å². The quantitative estimate of drug-likeness (QED) is 0.362. The van der Waals surface area contributed by atoms with Gasteiger partial charge in [0.2, 0.25) is 0 Å². The summed E-state index contributed by atoms with van der Waals surface area (Å²) in [5.74, 6) is -0.444. The number of fused-ring (bicyclic) bond motifs is 3. The molecule has 3 aromatic carbocycles. The van der Waals surface area contributed by atoms with Crippen molar-refractivity contribution in [3.8, 4) is 0 Å². The van der Waals surface area contributed by atoms with Gasteiger partial charge in [-0.25, -0.2) is 0 Å². The molecule has 0 saturated carbocycles. The van der Waals surface area contributed by atoms with E-state index in [0.717, 1.165) is 39.9 Å². The molecule has 7 heteroatoms. The Hall–Kier alpha value is -3.25. The smallest absolute Gasteiger partial charge is 0.356 e. The van der Waals surface area contributed by atoms with Crippen LogP contribution in [0.25, 0.3) is 10.9 Å². The Labute approximate surface area is 187 Å². The molecule has 32 heavy (non-hydrogen) atoms. The number of aromatic amines is 1. The van der Waals surface area contributed by atoms with E-state index in [1.54, 1.807) is 17.0 Å². The summed E-state index contributed by atoms with van der Waals surface area (Å²) in [5, 5.41) is 1.66. The zero-order valence-corrected chi connectivity index (χ0v) is 17.5. The number of hydrogen-bond donors (Lipinski definition) is 1. The molecule has 0 aliphatic carbocycles. The molecule has 0 radical (unpaired) electrons. The summed E-state index contributed by atoms with van der Waals surface area (Å²) in [4.78, 5) is 18.6. The van der Waals surface area contributed by atoms with E-state index < -0.39 is 23.7 Å². The first-order chi connectivity index (χ1) is 15.3. The summed E-state index contributed by atoms with van der Waals surface area (Å²) in [6, 6.07) is 19.2. The van der Waals surface area contributed by atoms with Gasteiger partial charge in [-0.05, 0) is 53.9 Å². The molecule has 1 unspecified atom stereocenters. The van der Waals surface area contributed by atoms with Crippen molar-refractivity contribution in [2.75, 3.05) is 6.54 Å². The van der Waals surface area contributed by atoms with Crippen molar-refractivity contribution in [3.05, 3.63) is 106 Å². The highest BCUT2D eigenvalue weighted by Gasteiger charge is 2.36. The summed E-state index contributed by atoms with van der Waals surface area (Å²) >= 11 is 6.08. The third-order valence-electron chi connectivity index (χ3n) is 5.92. The van der Waals surface area contributed by atoms with Crippen LogP contribution in [0.4, 0.5) is 13.2 Å². The van der Waals surface area contributed by atoms with Crippen molar-refractivity contribution in [1.82, 2.24) is 9.88 Å². The van der Waals surface area contributed by atoms with Crippen LogP contribution in [-0.4, -0.2) is 22.3 Å². The Morgan fingerprint density at radius 2 is 1.75 bits per heavy atom. The molecule has 1 amide bonds. The maximum atomic E-state index is 13.5. The van der Waals surface area contributed by atoms with Gasteiger partial charge in [0.05, 0.1) is 11.6 Å². The van der Waals surface area contributed by atoms with Crippen LogP contribution in [0.15, 0.2) is 72.8 Å². The first kappa shape index (κ1) is 20.6. The number of alkyl halides is 3. The van der Waals surface area contributed by atoms with Gasteiger partial charge in [-0.1, -0.05) is 48.0 Å². The van der Waals surface area contributed by atoms with E-state index in [1.165, 1.54) is 12.1 Å². The molecule has 0 fully saturated rings. The van der Waals surface area contributed by atoms with Crippen molar-refractivity contribution < 1.29 is 18.0 Å². The van der Waals surface area contributed by atoms with E-state index >= 15 is 0 Å². The SMILES string of the molecule is O=C(c1cccc(C(F)(F)F)c1)N1CCc2c([nH]c3ccccc23)C1c1ccc(Cl)cc1. The van der Waals surface area contributed by atoms with Crippen molar-refractivity contribution in [1.29, 1.82) is 0 Å². The van der Waals surface area contributed by atoms with Crippen LogP contribution in [0.2, 0.25) is 5.02 Å². The number of rotatable bonds is 2. The van der Waals surface area contributed by atoms with E-state index in [-0.39, 0.29) is 5.56 Å². The third-order valence-corrected chi connectivity index (χ3v) is 6.17. The second-order valence-electron chi connectivity index (χ2n) is 7.84. The van der Waals surface area contributed by atoms with E-state index in [9.17, 15) is 18.0 Å². The molecule has 1 atom stereocenters. The van der Waals surface area contributed by atoms with Gasteiger partial charge in [-0.2, -0.15) is 13.2 Å². The largest absolute Gasteiger partial charge is 0.416 e. The summed E-state index contributed by atoms with van der Waals surface area (Å²) in [7, 11) is 0. The molecule has 0 bridgehead atoms. The van der Waals surface area contributed by atoms with E-state index in [4.69, 9.17) is 11.6 Å². The molecule has 1 aliphatic heterocycles. The fourth-order valence-corrected chi connectivity index (χ4v) is 4.57. The number of hydrogen-bond acceptors (Lipinski definition) is 1. The van der Waals surface area contributed by atoms with Crippen LogP contribution in [0.1, 0.15) is 38.8 Å². The maximum absolute atomic E-state index is 13.5. The molecule has 0 saturated heterocycles. The van der Waals surface area contributed by atoms with Gasteiger partial charge < -0.3 is 9.88 Å². The Morgan fingerprint density at radius 3 is 2.50 bits per heavy atom. The topological polar surface area (TPSA) is 36.1 Å². The predicted octanol–water partition coefficient (Wildman–Crippen LogP) is 6.63. The van der Waals surface area contributed by atoms with Gasteiger partial charge in [0, 0.05) is 33.7 Å². The van der Waals surface area contributed by atoms with Crippen molar-refractivity contribution in [2.45, 2.75) is 18.6 Å². The zero-order valence-electron chi connectivity index (χ0n) is 16.8. The van der Waals surface area contributed by atoms with Gasteiger partial charge in [0.1, 0.15) is 0 Å². The van der Waals surface area contributed by atoms with E-state index in [1.807, 2.05) is 36.4 Å². The molecule has 1 aromatic heterocycles. The number of benzene rings is 3. The molecular weight excluding hydrogens is 437 g/mol. The first-order valence-electron chi connectivity index (χ1n) is 10.2. The lowest BCUT2D eigenvalue weighted by Crippen LogP contribution is -2.40. The average molecular weight is 455 g/mol. The molecule has 3 nitrogen and oxygen atoms in total. The van der Waals surface area contributed by atoms with Crippen molar-refractivity contribution in [2.24, 2.45) is 0 Å². The van der Waals surface area contributed by atoms with Crippen molar-refractivity contribution in [3.63, 3.8) is 0 Å². The Bertz CT molecular complexity index is 1310. The number of carbonyl (C=O) groups is 1. The number of halogens is 4. The van der Waals surface area contributed by atoms with Gasteiger partial charge in [-0.15, -0.1) is 0 Å². The molecule has 1 aliphatic rings. The molecular formula is C25H18ClF3N2O. The fourth-order valence-electron chi connectivity index (χ4n) is 4.45. The minimum Gasteiger partial charge on any atom is -0.356 e. The molecule has 5 rings (SSSR count). The molecule has 2 heterocycles. The van der Waals surface area contributed by atoms with Crippen LogP contribution in [0, 0.1) is 0 Å². The van der Waals surface area contributed by atoms with Gasteiger partial charge in [0.15, 0.2) is 0 Å². The maximum Gasteiger partial charge on any atom is 0.416 e. The standard InChI is InChI=1S/C25H18ClF3N2O/c26-18-10-8-15(9-11-18)23-22-20(19-6-1-2-7-21(19)30-22)12-13-31(23)24(32)16-4-3-5-17(14-16)25(27,28)29/h1-11,14,23,30H,12-13H2.